The van der Waals surface area contributed by atoms with Crippen LogP contribution in [0.15, 0.2) is 34.4 Å². The van der Waals surface area contributed by atoms with Crippen molar-refractivity contribution in [1.82, 2.24) is 0 Å². The Bertz CT molecular complexity index is 640. The van der Waals surface area contributed by atoms with Gasteiger partial charge in [0.1, 0.15) is 0 Å². The van der Waals surface area contributed by atoms with Gasteiger partial charge in [0, 0.05) is 6.42 Å². The summed E-state index contributed by atoms with van der Waals surface area (Å²) < 4.78 is 9.70. The van der Waals surface area contributed by atoms with Gasteiger partial charge in [-0.2, -0.15) is 0 Å². The van der Waals surface area contributed by atoms with E-state index in [0.29, 0.717) is 24.0 Å². The average Bonchev–Trinajstić information content (AvgIpc) is 2.58. The largest absolute Gasteiger partial charge is 0.466 e. The Morgan fingerprint density at radius 3 is 2.08 bits per heavy atom. The summed E-state index contributed by atoms with van der Waals surface area (Å²) >= 11 is 0. The highest BCUT2D eigenvalue weighted by Gasteiger charge is 2.31. The first-order valence-electron chi connectivity index (χ1n) is 9.19. The molecule has 0 saturated carbocycles. The molecule has 0 N–H and O–H groups in total. The van der Waals surface area contributed by atoms with E-state index in [-0.39, 0.29) is 10.8 Å². The Morgan fingerprint density at radius 2 is 1.58 bits per heavy atom. The monoisotopic (exact) mass is 362 g/mol. The van der Waals surface area contributed by atoms with Crippen LogP contribution in [-0.4, -0.2) is 26.2 Å². The molecule has 4 heteroatoms. The third-order valence-corrected chi connectivity index (χ3v) is 5.42. The third kappa shape index (κ3) is 5.58. The molecule has 0 aromatic heterocycles. The first kappa shape index (κ1) is 22.2. The first-order valence-corrected chi connectivity index (χ1v) is 9.19. The summed E-state index contributed by atoms with van der Waals surface area (Å²) in [7, 11) is 2.67. The highest BCUT2D eigenvalue weighted by atomic mass is 16.5. The molecular weight excluding hydrogens is 328 g/mol. The van der Waals surface area contributed by atoms with Gasteiger partial charge in [0.15, 0.2) is 0 Å². The molecule has 1 aliphatic rings. The van der Waals surface area contributed by atoms with Gasteiger partial charge in [0.05, 0.1) is 25.4 Å². The lowest BCUT2D eigenvalue weighted by Gasteiger charge is -2.31. The SMILES string of the molecule is COC(=O)C1=C(C(=O)OC)CC(C(C)(C)CC/C=C(\C)C(C)(C)C)=CC1. The molecule has 0 atom stereocenters. The Morgan fingerprint density at radius 1 is 1.04 bits per heavy atom. The van der Waals surface area contributed by atoms with Gasteiger partial charge in [0.2, 0.25) is 0 Å². The van der Waals surface area contributed by atoms with Crippen molar-refractivity contribution in [1.29, 1.82) is 0 Å². The van der Waals surface area contributed by atoms with E-state index in [1.165, 1.54) is 25.4 Å². The second-order valence-electron chi connectivity index (χ2n) is 8.61. The fourth-order valence-electron chi connectivity index (χ4n) is 3.00. The molecule has 0 aromatic rings. The van der Waals surface area contributed by atoms with Crippen molar-refractivity contribution in [3.8, 4) is 0 Å². The van der Waals surface area contributed by atoms with Crippen molar-refractivity contribution in [2.45, 2.75) is 67.2 Å². The Balaban J connectivity index is 2.94. The van der Waals surface area contributed by atoms with Crippen LogP contribution in [0.4, 0.5) is 0 Å². The maximum atomic E-state index is 12.2. The molecule has 0 amide bonds. The molecule has 146 valence electrons. The number of ether oxygens (including phenoxy) is 2. The van der Waals surface area contributed by atoms with E-state index in [2.05, 4.69) is 53.7 Å². The van der Waals surface area contributed by atoms with Crippen LogP contribution in [0, 0.1) is 10.8 Å². The summed E-state index contributed by atoms with van der Waals surface area (Å²) in [6, 6.07) is 0. The van der Waals surface area contributed by atoms with Gasteiger partial charge >= 0.3 is 11.9 Å². The zero-order chi connectivity index (χ0) is 20.1. The minimum atomic E-state index is -0.456. The molecule has 0 bridgehead atoms. The maximum Gasteiger partial charge on any atom is 0.334 e. The molecule has 0 unspecified atom stereocenters. The zero-order valence-electron chi connectivity index (χ0n) is 17.6. The van der Waals surface area contributed by atoms with Gasteiger partial charge in [0.25, 0.3) is 0 Å². The molecule has 0 saturated heterocycles. The normalized spacial score (nSPS) is 16.3. The molecule has 0 heterocycles. The number of hydrogen-bond donors (Lipinski definition) is 0. The number of hydrogen-bond acceptors (Lipinski definition) is 4. The quantitative estimate of drug-likeness (QED) is 0.484. The second kappa shape index (κ2) is 8.70. The molecule has 0 radical (unpaired) electrons. The van der Waals surface area contributed by atoms with E-state index < -0.39 is 11.9 Å². The fourth-order valence-corrected chi connectivity index (χ4v) is 3.00. The first-order chi connectivity index (χ1) is 11.9. The molecule has 1 rings (SSSR count). The van der Waals surface area contributed by atoms with E-state index in [9.17, 15) is 9.59 Å². The van der Waals surface area contributed by atoms with Crippen LogP contribution in [0.2, 0.25) is 0 Å². The van der Waals surface area contributed by atoms with Crippen LogP contribution in [0.5, 0.6) is 0 Å². The highest BCUT2D eigenvalue weighted by molar-refractivity contribution is 6.01. The van der Waals surface area contributed by atoms with Crippen molar-refractivity contribution < 1.29 is 19.1 Å². The lowest BCUT2D eigenvalue weighted by molar-refractivity contribution is -0.139. The van der Waals surface area contributed by atoms with E-state index >= 15 is 0 Å². The Hall–Kier alpha value is -1.84. The van der Waals surface area contributed by atoms with E-state index in [1.807, 2.05) is 0 Å². The topological polar surface area (TPSA) is 52.6 Å². The number of carbonyl (C=O) groups is 2. The molecule has 0 spiro atoms. The molecule has 0 fully saturated rings. The van der Waals surface area contributed by atoms with Gasteiger partial charge in [-0.05, 0) is 37.0 Å². The summed E-state index contributed by atoms with van der Waals surface area (Å²) in [6.07, 6.45) is 7.18. The molecule has 0 aliphatic heterocycles. The highest BCUT2D eigenvalue weighted by Crippen LogP contribution is 2.40. The molecule has 26 heavy (non-hydrogen) atoms. The van der Waals surface area contributed by atoms with Crippen molar-refractivity contribution in [2.24, 2.45) is 10.8 Å². The summed E-state index contributed by atoms with van der Waals surface area (Å²) in [4.78, 5) is 24.1. The van der Waals surface area contributed by atoms with Crippen molar-refractivity contribution >= 4 is 11.9 Å². The number of esters is 2. The van der Waals surface area contributed by atoms with Crippen molar-refractivity contribution in [3.63, 3.8) is 0 Å². The van der Waals surface area contributed by atoms with Gasteiger partial charge in [-0.3, -0.25) is 0 Å². The summed E-state index contributed by atoms with van der Waals surface area (Å²) in [5.41, 5.74) is 3.51. The van der Waals surface area contributed by atoms with Crippen LogP contribution in [0.1, 0.15) is 67.2 Å². The van der Waals surface area contributed by atoms with Crippen LogP contribution >= 0.6 is 0 Å². The van der Waals surface area contributed by atoms with Crippen LogP contribution in [0.3, 0.4) is 0 Å². The van der Waals surface area contributed by atoms with Crippen LogP contribution < -0.4 is 0 Å². The number of methoxy groups -OCH3 is 2. The lowest BCUT2D eigenvalue weighted by Crippen LogP contribution is -2.23. The maximum absolute atomic E-state index is 12.2. The van der Waals surface area contributed by atoms with Gasteiger partial charge in [-0.1, -0.05) is 57.9 Å². The van der Waals surface area contributed by atoms with Crippen molar-refractivity contribution in [2.75, 3.05) is 14.2 Å². The second-order valence-corrected chi connectivity index (χ2v) is 8.61. The molecule has 1 aliphatic carbocycles. The smallest absolute Gasteiger partial charge is 0.334 e. The predicted octanol–water partition coefficient (Wildman–Crippen LogP) is 5.15. The Kier molecular flexibility index (Phi) is 7.43. The minimum Gasteiger partial charge on any atom is -0.466 e. The standard InChI is InChI=1S/C22H34O4/c1-15(21(2,3)4)10-9-13-22(5,6)16-11-12-17(19(23)25-7)18(14-16)20(24)26-8/h10-11H,9,12-14H2,1-8H3/b15-10+. The average molecular weight is 363 g/mol. The van der Waals surface area contributed by atoms with Gasteiger partial charge < -0.3 is 9.47 Å². The number of carbonyl (C=O) groups excluding carboxylic acids is 2. The predicted molar refractivity (Wildman–Crippen MR) is 105 cm³/mol. The summed E-state index contributed by atoms with van der Waals surface area (Å²) in [5, 5.41) is 0. The molecule has 4 nitrogen and oxygen atoms in total. The third-order valence-electron chi connectivity index (χ3n) is 5.42. The van der Waals surface area contributed by atoms with Gasteiger partial charge in [-0.25, -0.2) is 9.59 Å². The molecular formula is C22H34O4. The summed E-state index contributed by atoms with van der Waals surface area (Å²) in [6.45, 7) is 13.2. The lowest BCUT2D eigenvalue weighted by atomic mass is 9.73. The zero-order valence-corrected chi connectivity index (χ0v) is 17.6. The number of allylic oxidation sites excluding steroid dienone is 4. The van der Waals surface area contributed by atoms with Crippen LogP contribution in [0.25, 0.3) is 0 Å². The minimum absolute atomic E-state index is 0.0599. The molecule has 0 aromatic carbocycles. The van der Waals surface area contributed by atoms with Gasteiger partial charge in [-0.15, -0.1) is 0 Å². The number of rotatable bonds is 6. The van der Waals surface area contributed by atoms with E-state index in [0.717, 1.165) is 12.8 Å². The Labute approximate surface area is 158 Å². The summed E-state index contributed by atoms with van der Waals surface area (Å²) in [5.74, 6) is -0.905. The van der Waals surface area contributed by atoms with E-state index in [4.69, 9.17) is 9.47 Å². The fraction of sp³-hybridized carbons (Fsp3) is 0.636. The van der Waals surface area contributed by atoms with Crippen molar-refractivity contribution in [3.05, 3.63) is 34.4 Å². The van der Waals surface area contributed by atoms with Crippen LogP contribution in [-0.2, 0) is 19.1 Å². The van der Waals surface area contributed by atoms with E-state index in [1.54, 1.807) is 0 Å².